The minimum atomic E-state index is -0.592. The largest absolute Gasteiger partial charge is 0.489 e. The Labute approximate surface area is 161 Å². The number of ketones is 1. The molecule has 0 saturated heterocycles. The highest BCUT2D eigenvalue weighted by Gasteiger charge is 2.14. The van der Waals surface area contributed by atoms with E-state index < -0.39 is 5.82 Å². The first-order valence-corrected chi connectivity index (χ1v) is 8.97. The summed E-state index contributed by atoms with van der Waals surface area (Å²) in [6, 6.07) is 11.1. The molecule has 0 aromatic heterocycles. The number of carbonyl (C=O) groups excluding carboxylic acids is 1. The molecule has 136 valence electrons. The molecule has 0 aliphatic heterocycles. The van der Waals surface area contributed by atoms with E-state index in [1.165, 1.54) is 12.1 Å². The maximum Gasteiger partial charge on any atom is 0.195 e. The summed E-state index contributed by atoms with van der Waals surface area (Å²) < 4.78 is 20.7. The van der Waals surface area contributed by atoms with Crippen LogP contribution in [0.2, 0.25) is 0 Å². The molecule has 0 radical (unpaired) electrons. The molecule has 0 amide bonds. The maximum atomic E-state index is 14.3. The number of rotatable bonds is 9. The zero-order valence-corrected chi connectivity index (χ0v) is 16.2. The van der Waals surface area contributed by atoms with Crippen molar-refractivity contribution in [3.63, 3.8) is 0 Å². The van der Waals surface area contributed by atoms with Crippen LogP contribution in [0.25, 0.3) is 0 Å². The summed E-state index contributed by atoms with van der Waals surface area (Å²) in [6.07, 6.45) is 5.69. The van der Waals surface area contributed by atoms with Crippen LogP contribution < -0.4 is 4.74 Å². The molecule has 26 heavy (non-hydrogen) atoms. The van der Waals surface area contributed by atoms with Crippen molar-refractivity contribution < 1.29 is 13.9 Å². The average molecular weight is 418 g/mol. The van der Waals surface area contributed by atoms with Crippen LogP contribution in [-0.4, -0.2) is 37.4 Å². The standard InChI is InChI=1S/C21H21BrFNO2/c1-3-12-24(2)13-4-5-14-26-18-10-11-19(20(23)15-18)21(25)16-6-8-17(22)9-7-16/h3-11,15H,1,12-14H2,2H3. The molecule has 0 N–H and O–H groups in total. The van der Waals surface area contributed by atoms with Crippen molar-refractivity contribution in [2.75, 3.05) is 26.7 Å². The molecule has 0 fully saturated rings. The number of hydrogen-bond donors (Lipinski definition) is 0. The van der Waals surface area contributed by atoms with Crippen LogP contribution in [0.3, 0.4) is 0 Å². The number of ether oxygens (including phenoxy) is 1. The van der Waals surface area contributed by atoms with Gasteiger partial charge in [0.1, 0.15) is 18.2 Å². The van der Waals surface area contributed by atoms with E-state index >= 15 is 0 Å². The number of likely N-dealkylation sites (N-methyl/N-ethyl adjacent to an activating group) is 1. The number of nitrogens with zero attached hydrogens (tertiary/aromatic N) is 1. The Balaban J connectivity index is 1.94. The second-order valence-electron chi connectivity index (χ2n) is 5.77. The van der Waals surface area contributed by atoms with Crippen molar-refractivity contribution in [3.8, 4) is 5.75 Å². The van der Waals surface area contributed by atoms with E-state index in [-0.39, 0.29) is 11.3 Å². The Morgan fingerprint density at radius 3 is 2.58 bits per heavy atom. The highest BCUT2D eigenvalue weighted by molar-refractivity contribution is 9.10. The fourth-order valence-electron chi connectivity index (χ4n) is 2.29. The van der Waals surface area contributed by atoms with E-state index in [9.17, 15) is 9.18 Å². The van der Waals surface area contributed by atoms with E-state index in [4.69, 9.17) is 4.74 Å². The van der Waals surface area contributed by atoms with Crippen LogP contribution in [0.1, 0.15) is 15.9 Å². The Kier molecular flexibility index (Phi) is 7.75. The third kappa shape index (κ3) is 5.93. The monoisotopic (exact) mass is 417 g/mol. The molecule has 0 aliphatic rings. The van der Waals surface area contributed by atoms with Crippen molar-refractivity contribution in [2.45, 2.75) is 0 Å². The molecule has 5 heteroatoms. The van der Waals surface area contributed by atoms with E-state index in [0.29, 0.717) is 17.9 Å². The first kappa shape index (κ1) is 20.1. The highest BCUT2D eigenvalue weighted by Crippen LogP contribution is 2.20. The fraction of sp³-hybridized carbons (Fsp3) is 0.190. The molecule has 2 aromatic carbocycles. The third-order valence-electron chi connectivity index (χ3n) is 3.66. The van der Waals surface area contributed by atoms with Gasteiger partial charge >= 0.3 is 0 Å². The Hall–Kier alpha value is -2.24. The predicted octanol–water partition coefficient (Wildman–Crippen LogP) is 4.87. The van der Waals surface area contributed by atoms with Gasteiger partial charge in [-0.3, -0.25) is 9.69 Å². The van der Waals surface area contributed by atoms with Crippen molar-refractivity contribution in [1.29, 1.82) is 0 Å². The smallest absolute Gasteiger partial charge is 0.195 e. The number of carbonyl (C=O) groups is 1. The van der Waals surface area contributed by atoms with Crippen LogP contribution in [0.4, 0.5) is 4.39 Å². The molecule has 3 nitrogen and oxygen atoms in total. The Morgan fingerprint density at radius 2 is 1.92 bits per heavy atom. The molecular formula is C21H21BrFNO2. The van der Waals surface area contributed by atoms with Gasteiger partial charge in [0.2, 0.25) is 0 Å². The van der Waals surface area contributed by atoms with E-state index in [0.717, 1.165) is 17.6 Å². The van der Waals surface area contributed by atoms with Gasteiger partial charge in [-0.05, 0) is 43.4 Å². The third-order valence-corrected chi connectivity index (χ3v) is 4.19. The Bertz CT molecular complexity index is 787. The maximum absolute atomic E-state index is 14.3. The van der Waals surface area contributed by atoms with Crippen molar-refractivity contribution in [2.24, 2.45) is 0 Å². The minimum Gasteiger partial charge on any atom is -0.489 e. The molecule has 2 rings (SSSR count). The van der Waals surface area contributed by atoms with E-state index in [1.807, 2.05) is 25.3 Å². The van der Waals surface area contributed by atoms with Crippen LogP contribution in [0.5, 0.6) is 5.75 Å². The number of hydrogen-bond acceptors (Lipinski definition) is 3. The van der Waals surface area contributed by atoms with Gasteiger partial charge < -0.3 is 4.74 Å². The van der Waals surface area contributed by atoms with E-state index in [1.54, 1.807) is 30.3 Å². The average Bonchev–Trinajstić information content (AvgIpc) is 2.62. The number of halogens is 2. The van der Waals surface area contributed by atoms with Crippen molar-refractivity contribution in [3.05, 3.63) is 88.7 Å². The summed E-state index contributed by atoms with van der Waals surface area (Å²) in [5, 5.41) is 0. The van der Waals surface area contributed by atoms with Crippen LogP contribution in [-0.2, 0) is 0 Å². The fourth-order valence-corrected chi connectivity index (χ4v) is 2.55. The first-order valence-electron chi connectivity index (χ1n) is 8.18. The van der Waals surface area contributed by atoms with Gasteiger partial charge in [-0.25, -0.2) is 4.39 Å². The molecular weight excluding hydrogens is 397 g/mol. The summed E-state index contributed by atoms with van der Waals surface area (Å²) in [4.78, 5) is 14.5. The highest BCUT2D eigenvalue weighted by atomic mass is 79.9. The molecule has 0 heterocycles. The van der Waals surface area contributed by atoms with Crippen molar-refractivity contribution in [1.82, 2.24) is 4.90 Å². The summed E-state index contributed by atoms with van der Waals surface area (Å²) in [6.45, 7) is 5.61. The normalized spacial score (nSPS) is 11.1. The van der Waals surface area contributed by atoms with Gasteiger partial charge in [0, 0.05) is 29.2 Å². The summed E-state index contributed by atoms with van der Waals surface area (Å²) in [5.41, 5.74) is 0.466. The molecule has 0 aliphatic carbocycles. The molecule has 0 spiro atoms. The van der Waals surface area contributed by atoms with Gasteiger partial charge in [-0.2, -0.15) is 0 Å². The number of benzene rings is 2. The minimum absolute atomic E-state index is 0.0289. The van der Waals surface area contributed by atoms with Crippen molar-refractivity contribution >= 4 is 21.7 Å². The second-order valence-corrected chi connectivity index (χ2v) is 6.69. The molecule has 0 unspecified atom stereocenters. The molecule has 0 atom stereocenters. The van der Waals surface area contributed by atoms with Crippen LogP contribution in [0.15, 0.2) is 71.7 Å². The summed E-state index contributed by atoms with van der Waals surface area (Å²) >= 11 is 3.31. The molecule has 0 bridgehead atoms. The lowest BCUT2D eigenvalue weighted by molar-refractivity contribution is 0.103. The SMILES string of the molecule is C=CCN(C)CC=CCOc1ccc(C(=O)c2ccc(Br)cc2)c(F)c1. The van der Waals surface area contributed by atoms with Crippen LogP contribution >= 0.6 is 15.9 Å². The lowest BCUT2D eigenvalue weighted by Crippen LogP contribution is -2.17. The lowest BCUT2D eigenvalue weighted by Gasteiger charge is -2.10. The van der Waals surface area contributed by atoms with Gasteiger partial charge in [-0.15, -0.1) is 6.58 Å². The lowest BCUT2D eigenvalue weighted by atomic mass is 10.0. The van der Waals surface area contributed by atoms with Gasteiger partial charge in [0.05, 0.1) is 5.56 Å². The van der Waals surface area contributed by atoms with E-state index in [2.05, 4.69) is 27.4 Å². The zero-order chi connectivity index (χ0) is 18.9. The van der Waals surface area contributed by atoms with Gasteiger partial charge in [0.15, 0.2) is 5.78 Å². The van der Waals surface area contributed by atoms with Gasteiger partial charge in [0.25, 0.3) is 0 Å². The summed E-state index contributed by atoms with van der Waals surface area (Å²) in [7, 11) is 1.99. The zero-order valence-electron chi connectivity index (χ0n) is 14.6. The Morgan fingerprint density at radius 1 is 1.19 bits per heavy atom. The topological polar surface area (TPSA) is 29.5 Å². The molecule has 0 saturated carbocycles. The second kappa shape index (κ2) is 10.0. The van der Waals surface area contributed by atoms with Crippen LogP contribution in [0, 0.1) is 5.82 Å². The summed E-state index contributed by atoms with van der Waals surface area (Å²) in [5.74, 6) is -0.559. The predicted molar refractivity (Wildman–Crippen MR) is 106 cm³/mol. The van der Waals surface area contributed by atoms with Gasteiger partial charge in [-0.1, -0.05) is 34.2 Å². The first-order chi connectivity index (χ1) is 12.5. The molecule has 2 aromatic rings. The quantitative estimate of drug-likeness (QED) is 0.430.